The number of benzene rings is 1. The van der Waals surface area contributed by atoms with E-state index in [0.29, 0.717) is 0 Å². The standard InChI is InChI=1S/C17H28N2O/c1-5-8-19-9-10-20-16(12-19)17(18-4)15-7-6-13(2)11-14(15)3/h6-7,11,16-18H,5,8-10,12H2,1-4H3. The number of aryl methyl sites for hydroxylation is 2. The summed E-state index contributed by atoms with van der Waals surface area (Å²) in [6.07, 6.45) is 1.45. The molecule has 3 heteroatoms. The molecule has 1 N–H and O–H groups in total. The lowest BCUT2D eigenvalue weighted by Crippen LogP contribution is -2.48. The fraction of sp³-hybridized carbons (Fsp3) is 0.647. The SMILES string of the molecule is CCCN1CCOC(C(NC)c2ccc(C)cc2C)C1. The van der Waals surface area contributed by atoms with Crippen molar-refractivity contribution < 1.29 is 4.74 Å². The number of rotatable bonds is 5. The number of likely N-dealkylation sites (N-methyl/N-ethyl adjacent to an activating group) is 1. The summed E-state index contributed by atoms with van der Waals surface area (Å²) in [6.45, 7) is 10.7. The molecule has 1 saturated heterocycles. The molecule has 1 heterocycles. The highest BCUT2D eigenvalue weighted by atomic mass is 16.5. The average Bonchev–Trinajstić information content (AvgIpc) is 2.43. The molecule has 112 valence electrons. The first kappa shape index (κ1) is 15.5. The summed E-state index contributed by atoms with van der Waals surface area (Å²) < 4.78 is 6.04. The van der Waals surface area contributed by atoms with Gasteiger partial charge in [0.05, 0.1) is 18.8 Å². The Balaban J connectivity index is 2.14. The molecule has 2 unspecified atom stereocenters. The summed E-state index contributed by atoms with van der Waals surface area (Å²) in [7, 11) is 2.03. The Bertz CT molecular complexity index is 431. The number of hydrogen-bond donors (Lipinski definition) is 1. The van der Waals surface area contributed by atoms with Crippen LogP contribution in [0.4, 0.5) is 0 Å². The fourth-order valence-electron chi connectivity index (χ4n) is 3.17. The number of nitrogens with zero attached hydrogens (tertiary/aromatic N) is 1. The lowest BCUT2D eigenvalue weighted by atomic mass is 9.94. The van der Waals surface area contributed by atoms with Crippen molar-refractivity contribution in [2.24, 2.45) is 0 Å². The first-order chi connectivity index (χ1) is 9.65. The highest BCUT2D eigenvalue weighted by Crippen LogP contribution is 2.25. The molecule has 1 aromatic carbocycles. The van der Waals surface area contributed by atoms with Gasteiger partial charge in [0.25, 0.3) is 0 Å². The third-order valence-corrected chi connectivity index (χ3v) is 4.16. The Kier molecular flexibility index (Phi) is 5.58. The van der Waals surface area contributed by atoms with Gasteiger partial charge in [-0.15, -0.1) is 0 Å². The maximum Gasteiger partial charge on any atom is 0.0896 e. The molecule has 3 nitrogen and oxygen atoms in total. The molecule has 20 heavy (non-hydrogen) atoms. The van der Waals surface area contributed by atoms with Crippen LogP contribution in [0.5, 0.6) is 0 Å². The molecule has 0 saturated carbocycles. The lowest BCUT2D eigenvalue weighted by molar-refractivity contribution is -0.0460. The molecule has 2 rings (SSSR count). The van der Waals surface area contributed by atoms with Gasteiger partial charge in [0.1, 0.15) is 0 Å². The second kappa shape index (κ2) is 7.21. The molecule has 0 aromatic heterocycles. The van der Waals surface area contributed by atoms with E-state index in [1.807, 2.05) is 7.05 Å². The molecule has 2 atom stereocenters. The third kappa shape index (κ3) is 3.60. The minimum absolute atomic E-state index is 0.238. The third-order valence-electron chi connectivity index (χ3n) is 4.16. The zero-order valence-corrected chi connectivity index (χ0v) is 13.3. The van der Waals surface area contributed by atoms with Gasteiger partial charge < -0.3 is 10.1 Å². The van der Waals surface area contributed by atoms with Crippen LogP contribution in [0.1, 0.15) is 36.1 Å². The van der Waals surface area contributed by atoms with Crippen LogP contribution in [-0.4, -0.2) is 44.3 Å². The highest BCUT2D eigenvalue weighted by molar-refractivity contribution is 5.33. The maximum absolute atomic E-state index is 6.04. The first-order valence-electron chi connectivity index (χ1n) is 7.74. The quantitative estimate of drug-likeness (QED) is 0.895. The monoisotopic (exact) mass is 276 g/mol. The van der Waals surface area contributed by atoms with E-state index < -0.39 is 0 Å². The van der Waals surface area contributed by atoms with Crippen LogP contribution in [0.25, 0.3) is 0 Å². The van der Waals surface area contributed by atoms with Crippen LogP contribution in [0.2, 0.25) is 0 Å². The smallest absolute Gasteiger partial charge is 0.0896 e. The molecular weight excluding hydrogens is 248 g/mol. The molecule has 0 radical (unpaired) electrons. The van der Waals surface area contributed by atoms with Crippen molar-refractivity contribution >= 4 is 0 Å². The molecule has 0 spiro atoms. The van der Waals surface area contributed by atoms with Crippen LogP contribution in [-0.2, 0) is 4.74 Å². The Morgan fingerprint density at radius 3 is 2.85 bits per heavy atom. The predicted molar refractivity (Wildman–Crippen MR) is 84.2 cm³/mol. The van der Waals surface area contributed by atoms with Crippen molar-refractivity contribution in [3.8, 4) is 0 Å². The molecule has 0 aliphatic carbocycles. The average molecular weight is 276 g/mol. The maximum atomic E-state index is 6.04. The van der Waals surface area contributed by atoms with E-state index in [1.165, 1.54) is 29.7 Å². The number of morpholine rings is 1. The van der Waals surface area contributed by atoms with Gasteiger partial charge in [0.15, 0.2) is 0 Å². The van der Waals surface area contributed by atoms with Crippen molar-refractivity contribution in [3.05, 3.63) is 34.9 Å². The van der Waals surface area contributed by atoms with E-state index in [-0.39, 0.29) is 12.1 Å². The minimum Gasteiger partial charge on any atom is -0.374 e. The van der Waals surface area contributed by atoms with Crippen LogP contribution in [0.15, 0.2) is 18.2 Å². The van der Waals surface area contributed by atoms with Crippen LogP contribution >= 0.6 is 0 Å². The second-order valence-corrected chi connectivity index (χ2v) is 5.84. The Morgan fingerprint density at radius 2 is 2.20 bits per heavy atom. The van der Waals surface area contributed by atoms with Crippen molar-refractivity contribution in [1.82, 2.24) is 10.2 Å². The fourth-order valence-corrected chi connectivity index (χ4v) is 3.17. The van der Waals surface area contributed by atoms with Gasteiger partial charge in [0, 0.05) is 13.1 Å². The van der Waals surface area contributed by atoms with Gasteiger partial charge >= 0.3 is 0 Å². The van der Waals surface area contributed by atoms with Gasteiger partial charge in [0.2, 0.25) is 0 Å². The van der Waals surface area contributed by atoms with Crippen molar-refractivity contribution in [2.45, 2.75) is 39.3 Å². The molecule has 1 fully saturated rings. The van der Waals surface area contributed by atoms with E-state index in [1.54, 1.807) is 0 Å². The number of ether oxygens (including phenoxy) is 1. The zero-order chi connectivity index (χ0) is 14.5. The normalized spacial score (nSPS) is 21.9. The highest BCUT2D eigenvalue weighted by Gasteiger charge is 2.28. The van der Waals surface area contributed by atoms with E-state index in [0.717, 1.165) is 19.7 Å². The summed E-state index contributed by atoms with van der Waals surface area (Å²) in [5.41, 5.74) is 4.03. The van der Waals surface area contributed by atoms with Crippen LogP contribution in [0.3, 0.4) is 0 Å². The predicted octanol–water partition coefficient (Wildman–Crippen LogP) is 2.67. The van der Waals surface area contributed by atoms with Crippen LogP contribution in [0, 0.1) is 13.8 Å². The summed E-state index contributed by atoms with van der Waals surface area (Å²) >= 11 is 0. The number of hydrogen-bond acceptors (Lipinski definition) is 3. The van der Waals surface area contributed by atoms with E-state index in [4.69, 9.17) is 4.74 Å². The van der Waals surface area contributed by atoms with Gasteiger partial charge in [-0.2, -0.15) is 0 Å². The molecule has 0 bridgehead atoms. The lowest BCUT2D eigenvalue weighted by Gasteiger charge is -2.37. The summed E-state index contributed by atoms with van der Waals surface area (Å²) in [6, 6.07) is 6.97. The van der Waals surface area contributed by atoms with E-state index >= 15 is 0 Å². The molecule has 1 aromatic rings. The van der Waals surface area contributed by atoms with Crippen molar-refractivity contribution in [3.63, 3.8) is 0 Å². The number of nitrogens with one attached hydrogen (secondary N) is 1. The Labute approximate surface area is 123 Å². The zero-order valence-electron chi connectivity index (χ0n) is 13.3. The van der Waals surface area contributed by atoms with Gasteiger partial charge in [-0.25, -0.2) is 0 Å². The van der Waals surface area contributed by atoms with Gasteiger partial charge in [-0.1, -0.05) is 30.7 Å². The van der Waals surface area contributed by atoms with Crippen molar-refractivity contribution in [2.75, 3.05) is 33.3 Å². The molecule has 0 amide bonds. The van der Waals surface area contributed by atoms with Gasteiger partial charge in [-0.3, -0.25) is 4.90 Å². The molecule has 1 aliphatic heterocycles. The first-order valence-corrected chi connectivity index (χ1v) is 7.74. The summed E-state index contributed by atoms with van der Waals surface area (Å²) in [5.74, 6) is 0. The minimum atomic E-state index is 0.238. The molecule has 1 aliphatic rings. The van der Waals surface area contributed by atoms with Crippen LogP contribution < -0.4 is 5.32 Å². The Morgan fingerprint density at radius 1 is 1.40 bits per heavy atom. The largest absolute Gasteiger partial charge is 0.374 e. The topological polar surface area (TPSA) is 24.5 Å². The van der Waals surface area contributed by atoms with Gasteiger partial charge in [-0.05, 0) is 45.0 Å². The van der Waals surface area contributed by atoms with E-state index in [2.05, 4.69) is 49.2 Å². The van der Waals surface area contributed by atoms with Crippen molar-refractivity contribution in [1.29, 1.82) is 0 Å². The molecular formula is C17H28N2O. The Hall–Kier alpha value is -0.900. The second-order valence-electron chi connectivity index (χ2n) is 5.84. The summed E-state index contributed by atoms with van der Waals surface area (Å²) in [4.78, 5) is 2.52. The summed E-state index contributed by atoms with van der Waals surface area (Å²) in [5, 5.41) is 3.46. The van der Waals surface area contributed by atoms with E-state index in [9.17, 15) is 0 Å².